The largest absolute Gasteiger partial charge is 0.493 e. The first-order valence-electron chi connectivity index (χ1n) is 11.0. The second-order valence-corrected chi connectivity index (χ2v) is 8.81. The molecule has 2 amide bonds. The molecule has 0 N–H and O–H groups in total. The quantitative estimate of drug-likeness (QED) is 0.366. The molecule has 3 rings (SSSR count). The van der Waals surface area contributed by atoms with E-state index < -0.39 is 11.8 Å². The highest BCUT2D eigenvalue weighted by Crippen LogP contribution is 2.32. The molecule has 2 aromatic rings. The lowest BCUT2D eigenvalue weighted by Crippen LogP contribution is -2.42. The summed E-state index contributed by atoms with van der Waals surface area (Å²) < 4.78 is 11.3. The molecule has 0 saturated heterocycles. The number of nitriles is 1. The molecule has 0 radical (unpaired) electrons. The summed E-state index contributed by atoms with van der Waals surface area (Å²) in [5.41, 5.74) is 1.83. The van der Waals surface area contributed by atoms with Crippen LogP contribution >= 0.6 is 11.6 Å². The molecule has 176 valence electrons. The normalized spacial score (nSPS) is 15.2. The number of carbonyl (C=O) groups excluding carboxylic acids is 2. The number of ether oxygens (including phenoxy) is 2. The molecule has 0 atom stereocenters. The van der Waals surface area contributed by atoms with Crippen LogP contribution in [0.1, 0.15) is 38.3 Å². The molecule has 0 bridgehead atoms. The van der Waals surface area contributed by atoms with Crippen molar-refractivity contribution >= 4 is 29.5 Å². The molecule has 34 heavy (non-hydrogen) atoms. The van der Waals surface area contributed by atoms with Crippen molar-refractivity contribution in [3.63, 3.8) is 0 Å². The van der Waals surface area contributed by atoms with Crippen LogP contribution in [-0.2, 0) is 16.1 Å². The molecule has 7 heteroatoms. The molecule has 0 aliphatic carbocycles. The van der Waals surface area contributed by atoms with Gasteiger partial charge in [-0.2, -0.15) is 5.26 Å². The summed E-state index contributed by atoms with van der Waals surface area (Å²) in [6, 6.07) is 14.3. The summed E-state index contributed by atoms with van der Waals surface area (Å²) in [6.45, 7) is 6.40. The number of methoxy groups -OCH3 is 1. The van der Waals surface area contributed by atoms with Gasteiger partial charge in [0.25, 0.3) is 11.8 Å². The number of amides is 2. The van der Waals surface area contributed by atoms with Crippen LogP contribution < -0.4 is 9.47 Å². The van der Waals surface area contributed by atoms with E-state index in [1.807, 2.05) is 12.1 Å². The van der Waals surface area contributed by atoms with E-state index >= 15 is 0 Å². The SMILES string of the molecule is COc1cc(/C=C2/C(=O)N(Cc3ccccc3Cl)C(=O)C(C#N)=C2C)ccc1OCCC(C)C. The molecular formula is C27H27ClN2O4. The van der Waals surface area contributed by atoms with Gasteiger partial charge in [0.2, 0.25) is 0 Å². The van der Waals surface area contributed by atoms with Crippen LogP contribution in [0.4, 0.5) is 0 Å². The van der Waals surface area contributed by atoms with Crippen molar-refractivity contribution in [2.45, 2.75) is 33.7 Å². The van der Waals surface area contributed by atoms with Crippen molar-refractivity contribution < 1.29 is 19.1 Å². The third kappa shape index (κ3) is 5.49. The number of nitrogens with zero attached hydrogens (tertiary/aromatic N) is 2. The van der Waals surface area contributed by atoms with Gasteiger partial charge in [0.05, 0.1) is 20.3 Å². The first-order chi connectivity index (χ1) is 16.3. The van der Waals surface area contributed by atoms with Crippen LogP contribution in [0.5, 0.6) is 11.5 Å². The molecule has 0 unspecified atom stereocenters. The van der Waals surface area contributed by atoms with Crippen LogP contribution in [0, 0.1) is 17.2 Å². The van der Waals surface area contributed by atoms with Gasteiger partial charge in [0.15, 0.2) is 11.5 Å². The molecule has 1 aliphatic heterocycles. The van der Waals surface area contributed by atoms with Crippen LogP contribution in [0.25, 0.3) is 6.08 Å². The lowest BCUT2D eigenvalue weighted by molar-refractivity contribution is -0.141. The van der Waals surface area contributed by atoms with E-state index in [9.17, 15) is 14.9 Å². The molecular weight excluding hydrogens is 452 g/mol. The van der Waals surface area contributed by atoms with E-state index in [2.05, 4.69) is 13.8 Å². The molecule has 6 nitrogen and oxygen atoms in total. The maximum absolute atomic E-state index is 13.3. The van der Waals surface area contributed by atoms with E-state index in [-0.39, 0.29) is 17.7 Å². The van der Waals surface area contributed by atoms with E-state index in [1.165, 1.54) is 0 Å². The second kappa shape index (κ2) is 11.0. The Labute approximate surface area is 205 Å². The summed E-state index contributed by atoms with van der Waals surface area (Å²) in [5.74, 6) is 0.548. The highest BCUT2D eigenvalue weighted by molar-refractivity contribution is 6.31. The molecule has 1 aliphatic rings. The Hall–Kier alpha value is -3.56. The van der Waals surface area contributed by atoms with Crippen molar-refractivity contribution in [2.24, 2.45) is 5.92 Å². The fourth-order valence-electron chi connectivity index (χ4n) is 3.53. The van der Waals surface area contributed by atoms with Gasteiger partial charge in [0.1, 0.15) is 11.6 Å². The topological polar surface area (TPSA) is 79.6 Å². The van der Waals surface area contributed by atoms with Gasteiger partial charge in [-0.3, -0.25) is 14.5 Å². The Bertz CT molecular complexity index is 1210. The van der Waals surface area contributed by atoms with Crippen molar-refractivity contribution in [3.8, 4) is 17.6 Å². The maximum atomic E-state index is 13.3. The summed E-state index contributed by atoms with van der Waals surface area (Å²) in [4.78, 5) is 27.3. The van der Waals surface area contributed by atoms with Gasteiger partial charge in [-0.05, 0) is 60.2 Å². The van der Waals surface area contributed by atoms with E-state index in [0.29, 0.717) is 45.7 Å². The van der Waals surface area contributed by atoms with E-state index in [1.54, 1.807) is 56.5 Å². The lowest BCUT2D eigenvalue weighted by Gasteiger charge is -2.27. The van der Waals surface area contributed by atoms with Gasteiger partial charge in [0, 0.05) is 10.6 Å². The van der Waals surface area contributed by atoms with Crippen molar-refractivity contribution in [1.82, 2.24) is 4.90 Å². The predicted octanol–water partition coefficient (Wildman–Crippen LogP) is 5.57. The second-order valence-electron chi connectivity index (χ2n) is 8.40. The zero-order valence-corrected chi connectivity index (χ0v) is 20.5. The summed E-state index contributed by atoms with van der Waals surface area (Å²) in [6.07, 6.45) is 2.57. The number of halogens is 1. The number of hydrogen-bond acceptors (Lipinski definition) is 5. The minimum absolute atomic E-state index is 0.0287. The molecule has 0 fully saturated rings. The lowest BCUT2D eigenvalue weighted by atomic mass is 9.93. The zero-order valence-electron chi connectivity index (χ0n) is 19.7. The Kier molecular flexibility index (Phi) is 8.14. The Morgan fingerprint density at radius 3 is 2.50 bits per heavy atom. The van der Waals surface area contributed by atoms with Crippen LogP contribution in [-0.4, -0.2) is 30.4 Å². The fraction of sp³-hybridized carbons (Fsp3) is 0.296. The third-order valence-corrected chi connectivity index (χ3v) is 5.93. The molecule has 0 saturated carbocycles. The number of hydrogen-bond donors (Lipinski definition) is 0. The van der Waals surface area contributed by atoms with Gasteiger partial charge in [-0.25, -0.2) is 0 Å². The van der Waals surface area contributed by atoms with Gasteiger partial charge in [-0.1, -0.05) is 49.7 Å². The maximum Gasteiger partial charge on any atom is 0.271 e. The Balaban J connectivity index is 1.97. The van der Waals surface area contributed by atoms with Crippen LogP contribution in [0.3, 0.4) is 0 Å². The predicted molar refractivity (Wildman–Crippen MR) is 131 cm³/mol. The van der Waals surface area contributed by atoms with Crippen molar-refractivity contribution in [1.29, 1.82) is 5.26 Å². The first-order valence-corrected chi connectivity index (χ1v) is 11.4. The minimum Gasteiger partial charge on any atom is -0.493 e. The molecule has 0 aromatic heterocycles. The Morgan fingerprint density at radius 2 is 1.85 bits per heavy atom. The first kappa shape index (κ1) is 25.1. The fourth-order valence-corrected chi connectivity index (χ4v) is 3.73. The van der Waals surface area contributed by atoms with Crippen molar-refractivity contribution in [3.05, 3.63) is 75.3 Å². The minimum atomic E-state index is -0.631. The molecule has 0 spiro atoms. The average molecular weight is 479 g/mol. The van der Waals surface area contributed by atoms with Crippen LogP contribution in [0.2, 0.25) is 5.02 Å². The van der Waals surface area contributed by atoms with Gasteiger partial charge in [-0.15, -0.1) is 0 Å². The summed E-state index contributed by atoms with van der Waals surface area (Å²) in [5, 5.41) is 10.1. The summed E-state index contributed by atoms with van der Waals surface area (Å²) >= 11 is 6.24. The number of carbonyl (C=O) groups is 2. The third-order valence-electron chi connectivity index (χ3n) is 5.56. The molecule has 2 aromatic carbocycles. The zero-order chi connectivity index (χ0) is 24.8. The number of rotatable bonds is 8. The van der Waals surface area contributed by atoms with E-state index in [0.717, 1.165) is 11.3 Å². The average Bonchev–Trinajstić information content (AvgIpc) is 2.81. The summed E-state index contributed by atoms with van der Waals surface area (Å²) in [7, 11) is 1.55. The van der Waals surface area contributed by atoms with Gasteiger partial charge < -0.3 is 9.47 Å². The molecule has 1 heterocycles. The standard InChI is InChI=1S/C27H27ClN2O4/c1-17(2)11-12-34-24-10-9-19(14-25(24)33-4)13-21-18(3)22(15-29)27(32)30(26(21)31)16-20-7-5-6-8-23(20)28/h5-10,13-14,17H,11-12,16H2,1-4H3/b21-13+. The van der Waals surface area contributed by atoms with Crippen LogP contribution in [0.15, 0.2) is 59.2 Å². The number of benzene rings is 2. The Morgan fingerprint density at radius 1 is 1.12 bits per heavy atom. The monoisotopic (exact) mass is 478 g/mol. The number of imide groups is 1. The van der Waals surface area contributed by atoms with Gasteiger partial charge >= 0.3 is 0 Å². The highest BCUT2D eigenvalue weighted by Gasteiger charge is 2.35. The van der Waals surface area contributed by atoms with E-state index in [4.69, 9.17) is 21.1 Å². The highest BCUT2D eigenvalue weighted by atomic mass is 35.5. The van der Waals surface area contributed by atoms with Crippen molar-refractivity contribution in [2.75, 3.05) is 13.7 Å². The smallest absolute Gasteiger partial charge is 0.271 e.